The second-order valence-electron chi connectivity index (χ2n) is 4.77. The third-order valence-corrected chi connectivity index (χ3v) is 4.69. The maximum absolute atomic E-state index is 5.77. The molecular weight excluding hydrogens is 382 g/mol. The molecule has 1 heterocycles. The van der Waals surface area contributed by atoms with Gasteiger partial charge in [-0.3, -0.25) is 0 Å². The summed E-state index contributed by atoms with van der Waals surface area (Å²) in [6.07, 6.45) is 0.719. The summed E-state index contributed by atoms with van der Waals surface area (Å²) in [5.41, 5.74) is 4.19. The zero-order valence-electron chi connectivity index (χ0n) is 10.9. The van der Waals surface area contributed by atoms with Crippen LogP contribution in [0.2, 0.25) is 0 Å². The highest BCUT2D eigenvalue weighted by Crippen LogP contribution is 2.33. The van der Waals surface area contributed by atoms with E-state index in [9.17, 15) is 0 Å². The summed E-state index contributed by atoms with van der Waals surface area (Å²) in [7, 11) is 0. The first-order chi connectivity index (χ1) is 9.63. The molecule has 3 aromatic rings. The number of hydrogen-bond acceptors (Lipinski definition) is 2. The molecule has 1 atom stereocenters. The zero-order valence-corrected chi connectivity index (χ0v) is 14.1. The van der Waals surface area contributed by atoms with E-state index in [1.165, 1.54) is 11.1 Å². The molecule has 0 saturated carbocycles. The topological polar surface area (TPSA) is 26.0 Å². The van der Waals surface area contributed by atoms with Gasteiger partial charge in [-0.25, -0.2) is 4.98 Å². The number of rotatable bonds is 3. The first-order valence-electron chi connectivity index (χ1n) is 6.38. The molecule has 2 nitrogen and oxygen atoms in total. The van der Waals surface area contributed by atoms with Crippen molar-refractivity contribution in [2.45, 2.75) is 18.2 Å². The Morgan fingerprint density at radius 3 is 2.75 bits per heavy atom. The van der Waals surface area contributed by atoms with Crippen LogP contribution in [0.1, 0.15) is 21.8 Å². The molecule has 0 saturated heterocycles. The standard InChI is InChI=1S/C16H13Br2NO/c1-10-6-7-11(12(17)8-10)13(18)9-16-19-14-4-2-3-5-15(14)20-16/h2-8,13H,9H2,1H3. The number of oxazole rings is 1. The fraction of sp³-hybridized carbons (Fsp3) is 0.188. The molecule has 20 heavy (non-hydrogen) atoms. The van der Waals surface area contributed by atoms with Gasteiger partial charge in [-0.1, -0.05) is 56.1 Å². The number of fused-ring (bicyclic) bond motifs is 1. The van der Waals surface area contributed by atoms with E-state index in [4.69, 9.17) is 4.42 Å². The number of hydrogen-bond donors (Lipinski definition) is 0. The van der Waals surface area contributed by atoms with Crippen LogP contribution in [0.25, 0.3) is 11.1 Å². The largest absolute Gasteiger partial charge is 0.441 e. The van der Waals surface area contributed by atoms with Crippen molar-refractivity contribution in [3.05, 3.63) is 64.0 Å². The normalized spacial score (nSPS) is 12.8. The van der Waals surface area contributed by atoms with Gasteiger partial charge < -0.3 is 4.42 Å². The minimum absolute atomic E-state index is 0.172. The van der Waals surface area contributed by atoms with Crippen molar-refractivity contribution >= 4 is 43.0 Å². The highest BCUT2D eigenvalue weighted by molar-refractivity contribution is 9.11. The summed E-state index contributed by atoms with van der Waals surface area (Å²) in [5.74, 6) is 0.751. The van der Waals surface area contributed by atoms with Gasteiger partial charge in [0.1, 0.15) is 5.52 Å². The van der Waals surface area contributed by atoms with E-state index in [-0.39, 0.29) is 4.83 Å². The van der Waals surface area contributed by atoms with Crippen molar-refractivity contribution in [3.63, 3.8) is 0 Å². The van der Waals surface area contributed by atoms with Gasteiger partial charge in [-0.05, 0) is 36.2 Å². The first kappa shape index (κ1) is 13.8. The molecule has 0 radical (unpaired) electrons. The van der Waals surface area contributed by atoms with Crippen molar-refractivity contribution in [2.24, 2.45) is 0 Å². The van der Waals surface area contributed by atoms with Crippen LogP contribution >= 0.6 is 31.9 Å². The molecule has 0 aliphatic heterocycles. The lowest BCUT2D eigenvalue weighted by Crippen LogP contribution is -1.97. The number of para-hydroxylation sites is 2. The lowest BCUT2D eigenvalue weighted by molar-refractivity contribution is 0.527. The predicted octanol–water partition coefficient (Wildman–Crippen LogP) is 5.58. The van der Waals surface area contributed by atoms with Gasteiger partial charge in [-0.15, -0.1) is 0 Å². The number of aryl methyl sites for hydroxylation is 1. The number of alkyl halides is 1. The SMILES string of the molecule is Cc1ccc(C(Br)Cc2nc3ccccc3o2)c(Br)c1. The van der Waals surface area contributed by atoms with E-state index >= 15 is 0 Å². The van der Waals surface area contributed by atoms with Gasteiger partial charge in [-0.2, -0.15) is 0 Å². The smallest absolute Gasteiger partial charge is 0.196 e. The molecule has 0 aliphatic rings. The molecule has 0 aliphatic carbocycles. The quantitative estimate of drug-likeness (QED) is 0.542. The van der Waals surface area contributed by atoms with Gasteiger partial charge in [0.15, 0.2) is 11.5 Å². The third kappa shape index (κ3) is 2.81. The molecule has 0 fully saturated rings. The van der Waals surface area contributed by atoms with Crippen LogP contribution in [-0.2, 0) is 6.42 Å². The van der Waals surface area contributed by atoms with Gasteiger partial charge in [0, 0.05) is 15.7 Å². The van der Waals surface area contributed by atoms with Crippen LogP contribution in [0.15, 0.2) is 51.4 Å². The fourth-order valence-corrected chi connectivity index (χ4v) is 3.91. The number of benzene rings is 2. The summed E-state index contributed by atoms with van der Waals surface area (Å²) >= 11 is 7.34. The Morgan fingerprint density at radius 2 is 2.00 bits per heavy atom. The number of aromatic nitrogens is 1. The molecule has 0 N–H and O–H groups in total. The molecular formula is C16H13Br2NO. The van der Waals surface area contributed by atoms with Gasteiger partial charge >= 0.3 is 0 Å². The molecule has 1 aromatic heterocycles. The zero-order chi connectivity index (χ0) is 14.1. The lowest BCUT2D eigenvalue weighted by atomic mass is 10.1. The summed E-state index contributed by atoms with van der Waals surface area (Å²) in [6.45, 7) is 2.08. The monoisotopic (exact) mass is 393 g/mol. The Bertz CT molecular complexity index is 718. The van der Waals surface area contributed by atoms with E-state index in [1.54, 1.807) is 0 Å². The summed E-state index contributed by atoms with van der Waals surface area (Å²) in [6, 6.07) is 14.2. The molecule has 4 heteroatoms. The minimum Gasteiger partial charge on any atom is -0.441 e. The summed E-state index contributed by atoms with van der Waals surface area (Å²) < 4.78 is 6.87. The molecule has 1 unspecified atom stereocenters. The summed E-state index contributed by atoms with van der Waals surface area (Å²) in [5, 5.41) is 0. The van der Waals surface area contributed by atoms with Crippen molar-refractivity contribution in [3.8, 4) is 0 Å². The van der Waals surface area contributed by atoms with Crippen LogP contribution in [0.4, 0.5) is 0 Å². The second-order valence-corrected chi connectivity index (χ2v) is 6.73. The Balaban J connectivity index is 1.86. The molecule has 0 bridgehead atoms. The predicted molar refractivity (Wildman–Crippen MR) is 88.3 cm³/mol. The van der Waals surface area contributed by atoms with Gasteiger partial charge in [0.25, 0.3) is 0 Å². The number of nitrogens with zero attached hydrogens (tertiary/aromatic N) is 1. The van der Waals surface area contributed by atoms with E-state index in [0.717, 1.165) is 27.9 Å². The maximum Gasteiger partial charge on any atom is 0.196 e. The summed E-state index contributed by atoms with van der Waals surface area (Å²) in [4.78, 5) is 4.69. The molecule has 102 valence electrons. The molecule has 3 rings (SSSR count). The third-order valence-electron chi connectivity index (χ3n) is 3.19. The second kappa shape index (κ2) is 5.70. The Morgan fingerprint density at radius 1 is 1.20 bits per heavy atom. The average molecular weight is 395 g/mol. The Hall–Kier alpha value is -1.13. The van der Waals surface area contributed by atoms with E-state index < -0.39 is 0 Å². The van der Waals surface area contributed by atoms with E-state index in [2.05, 4.69) is 62.0 Å². The lowest BCUT2D eigenvalue weighted by Gasteiger charge is -2.10. The number of halogens is 2. The molecule has 0 spiro atoms. The maximum atomic E-state index is 5.77. The first-order valence-corrected chi connectivity index (χ1v) is 8.09. The highest BCUT2D eigenvalue weighted by Gasteiger charge is 2.15. The fourth-order valence-electron chi connectivity index (χ4n) is 2.16. The Labute approximate surface area is 134 Å². The van der Waals surface area contributed by atoms with Gasteiger partial charge in [0.2, 0.25) is 0 Å². The molecule has 0 amide bonds. The van der Waals surface area contributed by atoms with Crippen LogP contribution in [0.5, 0.6) is 0 Å². The van der Waals surface area contributed by atoms with Crippen molar-refractivity contribution in [2.75, 3.05) is 0 Å². The van der Waals surface area contributed by atoms with Crippen molar-refractivity contribution in [1.29, 1.82) is 0 Å². The van der Waals surface area contributed by atoms with Crippen LogP contribution in [0, 0.1) is 6.92 Å². The Kier molecular flexibility index (Phi) is 3.94. The van der Waals surface area contributed by atoms with Crippen molar-refractivity contribution in [1.82, 2.24) is 4.98 Å². The highest BCUT2D eigenvalue weighted by atomic mass is 79.9. The van der Waals surface area contributed by atoms with Crippen molar-refractivity contribution < 1.29 is 4.42 Å². The minimum atomic E-state index is 0.172. The molecule has 2 aromatic carbocycles. The van der Waals surface area contributed by atoms with Crippen LogP contribution < -0.4 is 0 Å². The average Bonchev–Trinajstić information content (AvgIpc) is 2.80. The van der Waals surface area contributed by atoms with Gasteiger partial charge in [0.05, 0.1) is 0 Å². The van der Waals surface area contributed by atoms with E-state index in [0.29, 0.717) is 0 Å². The van der Waals surface area contributed by atoms with E-state index in [1.807, 2.05) is 24.3 Å². The van der Waals surface area contributed by atoms with Crippen LogP contribution in [0.3, 0.4) is 0 Å². The van der Waals surface area contributed by atoms with Crippen LogP contribution in [-0.4, -0.2) is 4.98 Å².